The zero-order valence-electron chi connectivity index (χ0n) is 19.1. The number of hydrogen-bond acceptors (Lipinski definition) is 3. The molecule has 0 radical (unpaired) electrons. The number of halogens is 3. The average molecular weight is 477 g/mol. The van der Waals surface area contributed by atoms with E-state index >= 15 is 0 Å². The number of hydrogen-bond donors (Lipinski definition) is 0. The molecule has 5 rings (SSSR count). The summed E-state index contributed by atoms with van der Waals surface area (Å²) in [4.78, 5) is 14.9. The lowest BCUT2D eigenvalue weighted by Crippen LogP contribution is -2.23. The maximum Gasteiger partial charge on any atom is 0.419 e. The van der Waals surface area contributed by atoms with Crippen molar-refractivity contribution in [3.8, 4) is 22.6 Å². The lowest BCUT2D eigenvalue weighted by molar-refractivity contribution is -0.138. The van der Waals surface area contributed by atoms with Crippen molar-refractivity contribution in [3.05, 3.63) is 101 Å². The second kappa shape index (κ2) is 8.61. The quantitative estimate of drug-likeness (QED) is 0.336. The molecule has 0 saturated carbocycles. The Bertz CT molecular complexity index is 1410. The van der Waals surface area contributed by atoms with Crippen molar-refractivity contribution in [1.82, 2.24) is 14.7 Å². The highest BCUT2D eigenvalue weighted by molar-refractivity contribution is 6.01. The molecule has 3 aromatic carbocycles. The largest absolute Gasteiger partial charge is 0.456 e. The predicted octanol–water partition coefficient (Wildman–Crippen LogP) is 6.36. The molecule has 1 aliphatic heterocycles. The molecule has 8 heteroatoms. The maximum absolute atomic E-state index is 13.6. The van der Waals surface area contributed by atoms with Gasteiger partial charge in [0.25, 0.3) is 5.91 Å². The molecule has 5 nitrogen and oxygen atoms in total. The van der Waals surface area contributed by atoms with E-state index in [-0.39, 0.29) is 17.4 Å². The molecule has 178 valence electrons. The van der Waals surface area contributed by atoms with Crippen LogP contribution in [0, 0.1) is 6.92 Å². The molecule has 0 aliphatic carbocycles. The molecule has 1 aliphatic rings. The summed E-state index contributed by atoms with van der Waals surface area (Å²) < 4.78 is 48.1. The number of carbonyl (C=O) groups is 1. The molecule has 0 N–H and O–H groups in total. The van der Waals surface area contributed by atoms with Gasteiger partial charge in [0.2, 0.25) is 0 Å². The Labute approximate surface area is 200 Å². The monoisotopic (exact) mass is 477 g/mol. The predicted molar refractivity (Wildman–Crippen MR) is 125 cm³/mol. The van der Waals surface area contributed by atoms with Crippen LogP contribution in [0.5, 0.6) is 11.5 Å². The third kappa shape index (κ3) is 4.51. The average Bonchev–Trinajstić information content (AvgIpc) is 3.38. The number of fused-ring (bicyclic) bond motifs is 1. The number of carbonyl (C=O) groups excluding carboxylic acids is 1. The fraction of sp³-hybridized carbons (Fsp3) is 0.185. The topological polar surface area (TPSA) is 47.4 Å². The number of amides is 1. The standard InChI is InChI=1S/C27H22F3N3O2/c1-17-6-11-23(22(12-17)27(28,29)30)35-24-5-3-4-20-16-33(26(34)25(20)24)14-18-7-9-19(10-8-18)21-13-31-32(2)15-21/h3-13,15H,14,16H2,1-2H3. The number of ether oxygens (including phenoxy) is 1. The van der Waals surface area contributed by atoms with Crippen LogP contribution in [0.2, 0.25) is 0 Å². The summed E-state index contributed by atoms with van der Waals surface area (Å²) in [5.41, 5.74) is 3.59. The molecule has 0 saturated heterocycles. The SMILES string of the molecule is Cc1ccc(Oc2cccc3c2C(=O)N(Cc2ccc(-c4cnn(C)c4)cc2)C3)c(C(F)(F)F)c1. The summed E-state index contributed by atoms with van der Waals surface area (Å²) in [6, 6.07) is 16.8. The van der Waals surface area contributed by atoms with Crippen LogP contribution in [0.3, 0.4) is 0 Å². The molecule has 0 unspecified atom stereocenters. The van der Waals surface area contributed by atoms with Crippen molar-refractivity contribution in [1.29, 1.82) is 0 Å². The Kier molecular flexibility index (Phi) is 5.59. The number of aryl methyl sites for hydroxylation is 2. The molecule has 0 atom stereocenters. The van der Waals surface area contributed by atoms with Crippen LogP contribution < -0.4 is 4.74 Å². The van der Waals surface area contributed by atoms with Crippen LogP contribution >= 0.6 is 0 Å². The van der Waals surface area contributed by atoms with E-state index in [2.05, 4.69) is 5.10 Å². The molecule has 2 heterocycles. The summed E-state index contributed by atoms with van der Waals surface area (Å²) in [5.74, 6) is -0.474. The normalized spacial score (nSPS) is 13.3. The van der Waals surface area contributed by atoms with Gasteiger partial charge in [-0.15, -0.1) is 0 Å². The van der Waals surface area contributed by atoms with Crippen molar-refractivity contribution < 1.29 is 22.7 Å². The van der Waals surface area contributed by atoms with Crippen molar-refractivity contribution >= 4 is 5.91 Å². The van der Waals surface area contributed by atoms with Gasteiger partial charge in [-0.05, 0) is 41.8 Å². The first-order chi connectivity index (χ1) is 16.7. The third-order valence-corrected chi connectivity index (χ3v) is 6.00. The highest BCUT2D eigenvalue weighted by Crippen LogP contribution is 2.41. The first-order valence-electron chi connectivity index (χ1n) is 11.0. The van der Waals surface area contributed by atoms with Crippen molar-refractivity contribution in [2.75, 3.05) is 0 Å². The minimum Gasteiger partial charge on any atom is -0.456 e. The van der Waals surface area contributed by atoms with Gasteiger partial charge in [0, 0.05) is 31.9 Å². The lowest BCUT2D eigenvalue weighted by Gasteiger charge is -2.17. The van der Waals surface area contributed by atoms with Crippen LogP contribution in [0.1, 0.15) is 32.6 Å². The van der Waals surface area contributed by atoms with Gasteiger partial charge in [0.05, 0.1) is 17.3 Å². The second-order valence-electron chi connectivity index (χ2n) is 8.65. The van der Waals surface area contributed by atoms with E-state index in [1.165, 1.54) is 12.1 Å². The van der Waals surface area contributed by atoms with Crippen LogP contribution in [0.15, 0.2) is 73.1 Å². The Morgan fingerprint density at radius 3 is 2.46 bits per heavy atom. The molecular weight excluding hydrogens is 455 g/mol. The van der Waals surface area contributed by atoms with E-state index < -0.39 is 11.7 Å². The molecule has 0 spiro atoms. The van der Waals surface area contributed by atoms with Crippen molar-refractivity contribution in [2.45, 2.75) is 26.2 Å². The molecule has 0 fully saturated rings. The zero-order chi connectivity index (χ0) is 24.7. The van der Waals surface area contributed by atoms with Crippen molar-refractivity contribution in [3.63, 3.8) is 0 Å². The Morgan fingerprint density at radius 1 is 1.00 bits per heavy atom. The molecule has 1 amide bonds. The molecule has 4 aromatic rings. The highest BCUT2D eigenvalue weighted by atomic mass is 19.4. The zero-order valence-corrected chi connectivity index (χ0v) is 19.1. The lowest BCUT2D eigenvalue weighted by atomic mass is 10.1. The van der Waals surface area contributed by atoms with Crippen LogP contribution in [-0.4, -0.2) is 20.6 Å². The van der Waals surface area contributed by atoms with Gasteiger partial charge in [-0.2, -0.15) is 18.3 Å². The second-order valence-corrected chi connectivity index (χ2v) is 8.65. The van der Waals surface area contributed by atoms with E-state index in [9.17, 15) is 18.0 Å². The number of rotatable bonds is 5. The molecular formula is C27H22F3N3O2. The molecule has 1 aromatic heterocycles. The van der Waals surface area contributed by atoms with E-state index in [0.29, 0.717) is 24.2 Å². The van der Waals surface area contributed by atoms with Gasteiger partial charge in [-0.25, -0.2) is 0 Å². The van der Waals surface area contributed by atoms with Gasteiger partial charge in [-0.1, -0.05) is 48.0 Å². The first-order valence-corrected chi connectivity index (χ1v) is 11.0. The Balaban J connectivity index is 1.37. The highest BCUT2D eigenvalue weighted by Gasteiger charge is 2.36. The summed E-state index contributed by atoms with van der Waals surface area (Å²) >= 11 is 0. The van der Waals surface area contributed by atoms with Crippen LogP contribution in [0.25, 0.3) is 11.1 Å². The number of nitrogens with zero attached hydrogens (tertiary/aromatic N) is 3. The Morgan fingerprint density at radius 2 is 1.77 bits per heavy atom. The van der Waals surface area contributed by atoms with Gasteiger partial charge >= 0.3 is 6.18 Å². The fourth-order valence-electron chi connectivity index (χ4n) is 4.27. The fourth-order valence-corrected chi connectivity index (χ4v) is 4.27. The maximum atomic E-state index is 13.6. The van der Waals surface area contributed by atoms with E-state index in [1.54, 1.807) is 40.9 Å². The van der Waals surface area contributed by atoms with E-state index in [1.807, 2.05) is 37.5 Å². The summed E-state index contributed by atoms with van der Waals surface area (Å²) in [6.07, 6.45) is -0.859. The first kappa shape index (κ1) is 22.7. The van der Waals surface area contributed by atoms with Crippen LogP contribution in [-0.2, 0) is 26.3 Å². The van der Waals surface area contributed by atoms with E-state index in [0.717, 1.165) is 28.3 Å². The third-order valence-electron chi connectivity index (χ3n) is 6.00. The molecule has 0 bridgehead atoms. The van der Waals surface area contributed by atoms with Gasteiger partial charge in [-0.3, -0.25) is 9.48 Å². The van der Waals surface area contributed by atoms with Crippen LogP contribution in [0.4, 0.5) is 13.2 Å². The Hall–Kier alpha value is -4.07. The minimum atomic E-state index is -4.57. The summed E-state index contributed by atoms with van der Waals surface area (Å²) in [5, 5.41) is 4.18. The van der Waals surface area contributed by atoms with Gasteiger partial charge < -0.3 is 9.64 Å². The van der Waals surface area contributed by atoms with Crippen molar-refractivity contribution in [2.24, 2.45) is 7.05 Å². The number of benzene rings is 3. The molecule has 35 heavy (non-hydrogen) atoms. The summed E-state index contributed by atoms with van der Waals surface area (Å²) in [6.45, 7) is 2.32. The number of aromatic nitrogens is 2. The minimum absolute atomic E-state index is 0.122. The smallest absolute Gasteiger partial charge is 0.419 e. The van der Waals surface area contributed by atoms with Gasteiger partial charge in [0.1, 0.15) is 11.5 Å². The number of alkyl halides is 3. The van der Waals surface area contributed by atoms with E-state index in [4.69, 9.17) is 4.74 Å². The van der Waals surface area contributed by atoms with Gasteiger partial charge in [0.15, 0.2) is 0 Å². The summed E-state index contributed by atoms with van der Waals surface area (Å²) in [7, 11) is 1.86.